The first kappa shape index (κ1) is 15.9. The van der Waals surface area contributed by atoms with Crippen molar-refractivity contribution in [3.63, 3.8) is 0 Å². The van der Waals surface area contributed by atoms with Gasteiger partial charge >= 0.3 is 0 Å². The van der Waals surface area contributed by atoms with Crippen molar-refractivity contribution in [3.8, 4) is 0 Å². The highest BCUT2D eigenvalue weighted by atomic mass is 32.2. The van der Waals surface area contributed by atoms with Crippen LogP contribution in [-0.4, -0.2) is 36.5 Å². The molecule has 2 N–H and O–H groups in total. The minimum absolute atomic E-state index is 0.339. The van der Waals surface area contributed by atoms with E-state index in [0.717, 1.165) is 5.92 Å². The molecule has 0 bridgehead atoms. The van der Waals surface area contributed by atoms with Crippen LogP contribution in [0.4, 0.5) is 0 Å². The van der Waals surface area contributed by atoms with Gasteiger partial charge in [-0.1, -0.05) is 31.2 Å². The minimum atomic E-state index is 0.339. The van der Waals surface area contributed by atoms with E-state index in [1.54, 1.807) is 0 Å². The molecular formula is C17H28N2S. The quantitative estimate of drug-likeness (QED) is 0.793. The van der Waals surface area contributed by atoms with Crippen molar-refractivity contribution < 1.29 is 0 Å². The van der Waals surface area contributed by atoms with E-state index >= 15 is 0 Å². The number of thioether (sulfide) groups is 1. The zero-order chi connectivity index (χ0) is 14.5. The molecule has 0 aromatic heterocycles. The highest BCUT2D eigenvalue weighted by Crippen LogP contribution is 2.40. The summed E-state index contributed by atoms with van der Waals surface area (Å²) in [4.78, 5) is 2.47. The summed E-state index contributed by atoms with van der Waals surface area (Å²) in [6.07, 6.45) is 6.07. The van der Waals surface area contributed by atoms with Crippen LogP contribution in [0.2, 0.25) is 0 Å². The molecule has 0 amide bonds. The Labute approximate surface area is 128 Å². The summed E-state index contributed by atoms with van der Waals surface area (Å²) in [5.41, 5.74) is 8.98. The van der Waals surface area contributed by atoms with Gasteiger partial charge in [-0.25, -0.2) is 0 Å². The summed E-state index contributed by atoms with van der Waals surface area (Å²) in [6, 6.07) is 10.0. The predicted octanol–water partition coefficient (Wildman–Crippen LogP) is 3.64. The van der Waals surface area contributed by atoms with Gasteiger partial charge in [-0.05, 0) is 49.6 Å². The van der Waals surface area contributed by atoms with Crippen LogP contribution < -0.4 is 5.73 Å². The van der Waals surface area contributed by atoms with Gasteiger partial charge in [0.25, 0.3) is 0 Å². The first-order valence-electron chi connectivity index (χ1n) is 7.72. The largest absolute Gasteiger partial charge is 0.329 e. The molecule has 0 radical (unpaired) electrons. The van der Waals surface area contributed by atoms with Gasteiger partial charge in [0.2, 0.25) is 0 Å². The molecule has 20 heavy (non-hydrogen) atoms. The molecule has 0 aliphatic heterocycles. The molecule has 1 aliphatic rings. The molecule has 0 spiro atoms. The Bertz CT molecular complexity index is 417. The van der Waals surface area contributed by atoms with E-state index in [1.807, 2.05) is 11.8 Å². The topological polar surface area (TPSA) is 29.3 Å². The second kappa shape index (κ2) is 7.48. The Morgan fingerprint density at radius 3 is 2.70 bits per heavy atom. The summed E-state index contributed by atoms with van der Waals surface area (Å²) < 4.78 is 0. The van der Waals surface area contributed by atoms with Gasteiger partial charge in [-0.2, -0.15) is 11.8 Å². The van der Waals surface area contributed by atoms with Crippen molar-refractivity contribution in [1.29, 1.82) is 0 Å². The maximum atomic E-state index is 6.09. The third-order valence-electron chi connectivity index (χ3n) is 4.47. The third kappa shape index (κ3) is 3.78. The van der Waals surface area contributed by atoms with E-state index in [1.165, 1.54) is 36.1 Å². The van der Waals surface area contributed by atoms with Crippen molar-refractivity contribution in [2.45, 2.75) is 44.2 Å². The maximum Gasteiger partial charge on any atom is 0.0470 e. The predicted molar refractivity (Wildman–Crippen MR) is 90.4 cm³/mol. The second-order valence-electron chi connectivity index (χ2n) is 5.88. The molecule has 1 fully saturated rings. The summed E-state index contributed by atoms with van der Waals surface area (Å²) in [5, 5.41) is 0. The van der Waals surface area contributed by atoms with Crippen molar-refractivity contribution >= 4 is 11.8 Å². The van der Waals surface area contributed by atoms with Crippen LogP contribution in [0, 0.1) is 0 Å². The van der Waals surface area contributed by atoms with Gasteiger partial charge in [0.15, 0.2) is 0 Å². The molecule has 1 aromatic carbocycles. The lowest BCUT2D eigenvalue weighted by molar-refractivity contribution is 0.188. The maximum absolute atomic E-state index is 6.09. The highest BCUT2D eigenvalue weighted by molar-refractivity contribution is 7.98. The number of benzene rings is 1. The fourth-order valence-electron chi connectivity index (χ4n) is 2.94. The SMILES string of the molecule is CCC(CSC)N(C)C(CN)c1cccc(C2CC2)c1. The van der Waals surface area contributed by atoms with Crippen molar-refractivity contribution in [1.82, 2.24) is 4.90 Å². The van der Waals surface area contributed by atoms with E-state index < -0.39 is 0 Å². The standard InChI is InChI=1S/C17H28N2S/c1-4-16(12-20-3)19(2)17(11-18)15-7-5-6-14(10-15)13-8-9-13/h5-7,10,13,16-17H,4,8-9,11-12,18H2,1-3H3. The molecule has 3 heteroatoms. The number of rotatable bonds is 8. The Morgan fingerprint density at radius 1 is 1.40 bits per heavy atom. The van der Waals surface area contributed by atoms with Gasteiger partial charge in [0.05, 0.1) is 0 Å². The second-order valence-corrected chi connectivity index (χ2v) is 6.79. The number of hydrogen-bond acceptors (Lipinski definition) is 3. The molecule has 1 aliphatic carbocycles. The van der Waals surface area contributed by atoms with Crippen LogP contribution in [0.5, 0.6) is 0 Å². The first-order valence-corrected chi connectivity index (χ1v) is 9.11. The minimum Gasteiger partial charge on any atom is -0.329 e. The number of nitrogens with zero attached hydrogens (tertiary/aromatic N) is 1. The molecule has 1 aromatic rings. The summed E-state index contributed by atoms with van der Waals surface area (Å²) >= 11 is 1.92. The van der Waals surface area contributed by atoms with Gasteiger partial charge in [0, 0.05) is 24.4 Å². The van der Waals surface area contributed by atoms with Crippen LogP contribution in [0.3, 0.4) is 0 Å². The highest BCUT2D eigenvalue weighted by Gasteiger charge is 2.26. The van der Waals surface area contributed by atoms with Crippen LogP contribution in [0.25, 0.3) is 0 Å². The van der Waals surface area contributed by atoms with Crippen LogP contribution in [-0.2, 0) is 0 Å². The Morgan fingerprint density at radius 2 is 2.15 bits per heavy atom. The van der Waals surface area contributed by atoms with E-state index in [4.69, 9.17) is 5.73 Å². The van der Waals surface area contributed by atoms with Crippen molar-refractivity contribution in [2.75, 3.05) is 25.6 Å². The van der Waals surface area contributed by atoms with E-state index in [9.17, 15) is 0 Å². The van der Waals surface area contributed by atoms with E-state index in [0.29, 0.717) is 18.6 Å². The van der Waals surface area contributed by atoms with Crippen molar-refractivity contribution in [3.05, 3.63) is 35.4 Å². The van der Waals surface area contributed by atoms with E-state index in [2.05, 4.69) is 49.4 Å². The van der Waals surface area contributed by atoms with Crippen LogP contribution >= 0.6 is 11.8 Å². The molecule has 2 unspecified atom stereocenters. The van der Waals surface area contributed by atoms with Gasteiger partial charge in [-0.3, -0.25) is 4.90 Å². The van der Waals surface area contributed by atoms with Gasteiger partial charge in [0.1, 0.15) is 0 Å². The molecule has 0 saturated heterocycles. The monoisotopic (exact) mass is 292 g/mol. The number of likely N-dealkylation sites (N-methyl/N-ethyl adjacent to an activating group) is 1. The van der Waals surface area contributed by atoms with Crippen molar-refractivity contribution in [2.24, 2.45) is 5.73 Å². The molecule has 112 valence electrons. The van der Waals surface area contributed by atoms with E-state index in [-0.39, 0.29) is 0 Å². The average Bonchev–Trinajstić information content (AvgIpc) is 3.30. The normalized spacial score (nSPS) is 18.2. The number of nitrogens with two attached hydrogens (primary N) is 1. The third-order valence-corrected chi connectivity index (χ3v) is 5.18. The summed E-state index contributed by atoms with van der Waals surface area (Å²) in [7, 11) is 2.23. The first-order chi connectivity index (χ1) is 9.71. The fourth-order valence-corrected chi connectivity index (χ4v) is 3.80. The summed E-state index contributed by atoms with van der Waals surface area (Å²) in [6.45, 7) is 2.96. The summed E-state index contributed by atoms with van der Waals surface area (Å²) in [5.74, 6) is 1.98. The smallest absolute Gasteiger partial charge is 0.0470 e. The zero-order valence-corrected chi connectivity index (χ0v) is 13.8. The van der Waals surface area contributed by atoms with Crippen LogP contribution in [0.15, 0.2) is 24.3 Å². The van der Waals surface area contributed by atoms with Crippen LogP contribution in [0.1, 0.15) is 49.3 Å². The molecule has 1 saturated carbocycles. The Kier molecular flexibility index (Phi) is 5.94. The lowest BCUT2D eigenvalue weighted by atomic mass is 9.99. The fraction of sp³-hybridized carbons (Fsp3) is 0.647. The molecule has 2 nitrogen and oxygen atoms in total. The Hall–Kier alpha value is -0.510. The average molecular weight is 292 g/mol. The van der Waals surface area contributed by atoms with Gasteiger partial charge < -0.3 is 5.73 Å². The molecular weight excluding hydrogens is 264 g/mol. The lowest BCUT2D eigenvalue weighted by Crippen LogP contribution is -2.39. The lowest BCUT2D eigenvalue weighted by Gasteiger charge is -2.34. The Balaban J connectivity index is 2.15. The van der Waals surface area contributed by atoms with Gasteiger partial charge in [-0.15, -0.1) is 0 Å². The zero-order valence-electron chi connectivity index (χ0n) is 13.0. The molecule has 0 heterocycles. The molecule has 2 rings (SSSR count). The number of hydrogen-bond donors (Lipinski definition) is 1. The molecule has 2 atom stereocenters.